The van der Waals surface area contributed by atoms with Crippen molar-refractivity contribution in [1.29, 1.82) is 0 Å². The van der Waals surface area contributed by atoms with Gasteiger partial charge in [0, 0.05) is 11.4 Å². The number of imide groups is 1. The van der Waals surface area contributed by atoms with Crippen LogP contribution in [-0.2, 0) is 27.0 Å². The number of anilines is 3. The van der Waals surface area contributed by atoms with E-state index in [2.05, 4.69) is 10.6 Å². The SMILES string of the molecule is Cc1ccc(C)c(NC(=O)Cc2ccc(NC3=C(Cl)C(=O)N(c4cccc(C(F)(F)F)c4)C3=O)cc2)c1. The molecule has 3 aromatic rings. The molecule has 1 aliphatic rings. The molecule has 0 fully saturated rings. The lowest BCUT2D eigenvalue weighted by Gasteiger charge is -2.17. The third-order valence-electron chi connectivity index (χ3n) is 5.71. The highest BCUT2D eigenvalue weighted by Gasteiger charge is 2.40. The Kier molecular flexibility index (Phi) is 7.09. The van der Waals surface area contributed by atoms with Crippen LogP contribution in [0, 0.1) is 13.8 Å². The molecule has 4 rings (SSSR count). The molecule has 37 heavy (non-hydrogen) atoms. The number of aryl methyl sites for hydroxylation is 2. The summed E-state index contributed by atoms with van der Waals surface area (Å²) in [5.41, 5.74) is 2.30. The highest BCUT2D eigenvalue weighted by Crippen LogP contribution is 2.35. The number of carbonyl (C=O) groups is 3. The van der Waals surface area contributed by atoms with Crippen LogP contribution in [0.2, 0.25) is 0 Å². The Morgan fingerprint density at radius 1 is 0.946 bits per heavy atom. The van der Waals surface area contributed by atoms with Crippen LogP contribution >= 0.6 is 11.6 Å². The first-order valence-corrected chi connectivity index (χ1v) is 11.5. The molecule has 1 heterocycles. The van der Waals surface area contributed by atoms with Gasteiger partial charge in [-0.25, -0.2) is 4.90 Å². The molecule has 6 nitrogen and oxygen atoms in total. The average molecular weight is 528 g/mol. The van der Waals surface area contributed by atoms with Gasteiger partial charge in [-0.3, -0.25) is 14.4 Å². The average Bonchev–Trinajstić information content (AvgIpc) is 3.05. The molecule has 3 amide bonds. The van der Waals surface area contributed by atoms with Crippen LogP contribution in [0.15, 0.2) is 77.5 Å². The summed E-state index contributed by atoms with van der Waals surface area (Å²) in [6.45, 7) is 3.84. The number of halogens is 4. The molecule has 0 atom stereocenters. The molecule has 3 aromatic carbocycles. The van der Waals surface area contributed by atoms with Gasteiger partial charge in [-0.15, -0.1) is 0 Å². The van der Waals surface area contributed by atoms with Crippen LogP contribution in [0.1, 0.15) is 22.3 Å². The number of hydrogen-bond donors (Lipinski definition) is 2. The van der Waals surface area contributed by atoms with Gasteiger partial charge in [-0.1, -0.05) is 41.9 Å². The maximum absolute atomic E-state index is 13.1. The van der Waals surface area contributed by atoms with E-state index in [1.165, 1.54) is 6.07 Å². The molecule has 0 bridgehead atoms. The lowest BCUT2D eigenvalue weighted by atomic mass is 10.1. The van der Waals surface area contributed by atoms with Crippen LogP contribution in [-0.4, -0.2) is 17.7 Å². The molecule has 0 saturated carbocycles. The summed E-state index contributed by atoms with van der Waals surface area (Å²) in [6, 6.07) is 16.2. The van der Waals surface area contributed by atoms with Crippen LogP contribution in [0.5, 0.6) is 0 Å². The second-order valence-corrected chi connectivity index (χ2v) is 8.93. The first kappa shape index (κ1) is 26.0. The third-order valence-corrected chi connectivity index (χ3v) is 6.06. The van der Waals surface area contributed by atoms with E-state index >= 15 is 0 Å². The predicted octanol–water partition coefficient (Wildman–Crippen LogP) is 5.94. The van der Waals surface area contributed by atoms with Crippen molar-refractivity contribution in [1.82, 2.24) is 0 Å². The summed E-state index contributed by atoms with van der Waals surface area (Å²) in [5.74, 6) is -2.02. The highest BCUT2D eigenvalue weighted by molar-refractivity contribution is 6.53. The minimum Gasteiger partial charge on any atom is -0.350 e. The molecule has 0 unspecified atom stereocenters. The Hall–Kier alpha value is -4.11. The van der Waals surface area contributed by atoms with Gasteiger partial charge in [0.25, 0.3) is 11.8 Å². The van der Waals surface area contributed by atoms with Crippen molar-refractivity contribution >= 4 is 46.4 Å². The van der Waals surface area contributed by atoms with E-state index in [1.54, 1.807) is 24.3 Å². The van der Waals surface area contributed by atoms with Crippen molar-refractivity contribution in [3.05, 3.63) is 99.7 Å². The number of amides is 3. The van der Waals surface area contributed by atoms with E-state index in [0.717, 1.165) is 28.9 Å². The first-order chi connectivity index (χ1) is 17.4. The van der Waals surface area contributed by atoms with Crippen LogP contribution in [0.4, 0.5) is 30.2 Å². The third kappa shape index (κ3) is 5.67. The second-order valence-electron chi connectivity index (χ2n) is 8.55. The largest absolute Gasteiger partial charge is 0.416 e. The normalized spacial score (nSPS) is 13.8. The number of nitrogens with zero attached hydrogens (tertiary/aromatic N) is 1. The van der Waals surface area contributed by atoms with E-state index < -0.39 is 28.6 Å². The Bertz CT molecular complexity index is 1430. The molecule has 1 aliphatic heterocycles. The summed E-state index contributed by atoms with van der Waals surface area (Å²) < 4.78 is 39.2. The monoisotopic (exact) mass is 527 g/mol. The number of hydrogen-bond acceptors (Lipinski definition) is 4. The van der Waals surface area contributed by atoms with Crippen molar-refractivity contribution in [2.24, 2.45) is 0 Å². The van der Waals surface area contributed by atoms with Crippen molar-refractivity contribution < 1.29 is 27.6 Å². The van der Waals surface area contributed by atoms with Gasteiger partial charge < -0.3 is 10.6 Å². The fourth-order valence-electron chi connectivity index (χ4n) is 3.77. The fourth-order valence-corrected chi connectivity index (χ4v) is 3.98. The molecule has 0 spiro atoms. The quantitative estimate of drug-likeness (QED) is 0.389. The van der Waals surface area contributed by atoms with Crippen molar-refractivity contribution in [3.8, 4) is 0 Å². The molecule has 0 saturated heterocycles. The van der Waals surface area contributed by atoms with Crippen LogP contribution < -0.4 is 15.5 Å². The number of benzene rings is 3. The topological polar surface area (TPSA) is 78.5 Å². The molecule has 0 radical (unpaired) electrons. The van der Waals surface area contributed by atoms with Gasteiger partial charge >= 0.3 is 6.18 Å². The summed E-state index contributed by atoms with van der Waals surface area (Å²) >= 11 is 6.08. The Labute approximate surface area is 215 Å². The Balaban J connectivity index is 1.45. The smallest absolute Gasteiger partial charge is 0.350 e. The van der Waals surface area contributed by atoms with Crippen molar-refractivity contribution in [2.45, 2.75) is 26.4 Å². The predicted molar refractivity (Wildman–Crippen MR) is 135 cm³/mol. The second kappa shape index (κ2) is 10.1. The minimum atomic E-state index is -4.64. The van der Waals surface area contributed by atoms with Crippen molar-refractivity contribution in [3.63, 3.8) is 0 Å². The summed E-state index contributed by atoms with van der Waals surface area (Å²) in [5, 5.41) is 5.20. The zero-order valence-corrected chi connectivity index (χ0v) is 20.5. The van der Waals surface area contributed by atoms with Gasteiger partial charge in [0.05, 0.1) is 17.7 Å². The zero-order valence-electron chi connectivity index (χ0n) is 19.7. The molecule has 0 aromatic heterocycles. The maximum Gasteiger partial charge on any atom is 0.416 e. The summed E-state index contributed by atoms with van der Waals surface area (Å²) in [6.07, 6.45) is -4.53. The number of rotatable bonds is 6. The van der Waals surface area contributed by atoms with Gasteiger partial charge in [-0.05, 0) is 66.9 Å². The molecule has 0 aliphatic carbocycles. The summed E-state index contributed by atoms with van der Waals surface area (Å²) in [4.78, 5) is 38.6. The van der Waals surface area contributed by atoms with Gasteiger partial charge in [0.1, 0.15) is 10.7 Å². The number of nitrogens with one attached hydrogen (secondary N) is 2. The van der Waals surface area contributed by atoms with Gasteiger partial charge in [0.15, 0.2) is 0 Å². The van der Waals surface area contributed by atoms with E-state index in [1.807, 2.05) is 32.0 Å². The molecule has 2 N–H and O–H groups in total. The van der Waals surface area contributed by atoms with Crippen molar-refractivity contribution in [2.75, 3.05) is 15.5 Å². The molecule has 190 valence electrons. The van der Waals surface area contributed by atoms with Crippen LogP contribution in [0.3, 0.4) is 0 Å². The van der Waals surface area contributed by atoms with Gasteiger partial charge in [-0.2, -0.15) is 13.2 Å². The minimum absolute atomic E-state index is 0.109. The molecule has 10 heteroatoms. The van der Waals surface area contributed by atoms with E-state index in [4.69, 9.17) is 11.6 Å². The Morgan fingerprint density at radius 2 is 1.65 bits per heavy atom. The molecular formula is C27H21ClF3N3O3. The highest BCUT2D eigenvalue weighted by atomic mass is 35.5. The van der Waals surface area contributed by atoms with Crippen LogP contribution in [0.25, 0.3) is 0 Å². The van der Waals surface area contributed by atoms with Gasteiger partial charge in [0.2, 0.25) is 5.91 Å². The van der Waals surface area contributed by atoms with E-state index in [0.29, 0.717) is 22.2 Å². The first-order valence-electron chi connectivity index (χ1n) is 11.1. The lowest BCUT2D eigenvalue weighted by Crippen LogP contribution is -2.32. The lowest BCUT2D eigenvalue weighted by molar-refractivity contribution is -0.137. The van der Waals surface area contributed by atoms with E-state index in [-0.39, 0.29) is 23.7 Å². The Morgan fingerprint density at radius 3 is 2.32 bits per heavy atom. The number of alkyl halides is 3. The number of carbonyl (C=O) groups excluding carboxylic acids is 3. The standard InChI is InChI=1S/C27H21ClF3N3O3/c1-15-6-7-16(2)21(12-15)33-22(35)13-17-8-10-19(11-9-17)32-24-23(28)25(36)34(26(24)37)20-5-3-4-18(14-20)27(29,30)31/h3-12,14,32H,13H2,1-2H3,(H,33,35). The van der Waals surface area contributed by atoms with E-state index in [9.17, 15) is 27.6 Å². The molecular weight excluding hydrogens is 507 g/mol. The summed E-state index contributed by atoms with van der Waals surface area (Å²) in [7, 11) is 0. The fraction of sp³-hybridized carbons (Fsp3) is 0.148. The maximum atomic E-state index is 13.1. The zero-order chi connectivity index (χ0) is 26.9.